The summed E-state index contributed by atoms with van der Waals surface area (Å²) in [6.45, 7) is 2.10. The average Bonchev–Trinajstić information content (AvgIpc) is 3.50. The first-order chi connectivity index (χ1) is 12.7. The topological polar surface area (TPSA) is 49.4 Å². The van der Waals surface area contributed by atoms with E-state index in [2.05, 4.69) is 11.4 Å². The Kier molecular flexibility index (Phi) is 4.84. The number of allylic oxidation sites excluding steroid dienone is 1. The van der Waals surface area contributed by atoms with Gasteiger partial charge in [0.15, 0.2) is 0 Å². The summed E-state index contributed by atoms with van der Waals surface area (Å²) in [6.07, 6.45) is 9.37. The van der Waals surface area contributed by atoms with E-state index in [-0.39, 0.29) is 17.2 Å². The van der Waals surface area contributed by atoms with Gasteiger partial charge in [-0.25, -0.2) is 0 Å². The lowest BCUT2D eigenvalue weighted by molar-refractivity contribution is -0.131. The van der Waals surface area contributed by atoms with Crippen molar-refractivity contribution in [3.63, 3.8) is 0 Å². The Morgan fingerprint density at radius 2 is 1.96 bits per heavy atom. The van der Waals surface area contributed by atoms with E-state index < -0.39 is 0 Å². The predicted molar refractivity (Wildman–Crippen MR) is 102 cm³/mol. The third-order valence-electron chi connectivity index (χ3n) is 6.30. The van der Waals surface area contributed by atoms with Crippen LogP contribution in [0.5, 0.6) is 0 Å². The highest BCUT2D eigenvalue weighted by Crippen LogP contribution is 2.48. The van der Waals surface area contributed by atoms with Crippen LogP contribution in [0.2, 0.25) is 0 Å². The van der Waals surface area contributed by atoms with Crippen molar-refractivity contribution in [2.24, 2.45) is 5.92 Å². The molecule has 4 rings (SSSR count). The summed E-state index contributed by atoms with van der Waals surface area (Å²) in [5.74, 6) is 0.943. The molecule has 0 bridgehead atoms. The maximum atomic E-state index is 12.6. The summed E-state index contributed by atoms with van der Waals surface area (Å²) < 4.78 is 0. The summed E-state index contributed by atoms with van der Waals surface area (Å²) in [5.41, 5.74) is 2.20. The maximum absolute atomic E-state index is 12.6. The van der Waals surface area contributed by atoms with Gasteiger partial charge in [0.1, 0.15) is 0 Å². The van der Waals surface area contributed by atoms with Crippen LogP contribution in [0.25, 0.3) is 0 Å². The van der Waals surface area contributed by atoms with E-state index in [0.29, 0.717) is 18.9 Å². The van der Waals surface area contributed by atoms with Gasteiger partial charge in [0.25, 0.3) is 0 Å². The zero-order valence-corrected chi connectivity index (χ0v) is 15.4. The molecular formula is C22H28N2O2. The van der Waals surface area contributed by atoms with E-state index in [0.717, 1.165) is 44.3 Å². The van der Waals surface area contributed by atoms with E-state index in [9.17, 15) is 9.59 Å². The number of nitrogens with zero attached hydrogens (tertiary/aromatic N) is 1. The summed E-state index contributed by atoms with van der Waals surface area (Å²) >= 11 is 0. The highest BCUT2D eigenvalue weighted by atomic mass is 16.2. The second-order valence-electron chi connectivity index (χ2n) is 7.96. The molecule has 4 nitrogen and oxygen atoms in total. The number of carbonyl (C=O) groups excluding carboxylic acids is 2. The smallest absolute Gasteiger partial charge is 0.230 e. The van der Waals surface area contributed by atoms with Gasteiger partial charge >= 0.3 is 0 Å². The minimum Gasteiger partial charge on any atom is -0.355 e. The quantitative estimate of drug-likeness (QED) is 0.828. The fourth-order valence-corrected chi connectivity index (χ4v) is 4.49. The molecule has 3 aliphatic rings. The van der Waals surface area contributed by atoms with E-state index >= 15 is 0 Å². The van der Waals surface area contributed by atoms with Gasteiger partial charge in [0.2, 0.25) is 11.8 Å². The Morgan fingerprint density at radius 1 is 1.15 bits per heavy atom. The number of rotatable bonds is 5. The molecule has 1 aromatic carbocycles. The number of amides is 2. The number of piperidine rings is 1. The fraction of sp³-hybridized carbons (Fsp3) is 0.545. The number of benzene rings is 1. The van der Waals surface area contributed by atoms with Gasteiger partial charge in [-0.2, -0.15) is 0 Å². The Hall–Kier alpha value is -2.10. The molecule has 2 aliphatic carbocycles. The molecule has 1 aromatic rings. The SMILES string of the molecule is O=C(CCNC(=O)C1(c2ccccc2)CC1)N1CCC2CCCC=C2C1. The molecule has 1 heterocycles. The molecule has 138 valence electrons. The molecule has 0 radical (unpaired) electrons. The van der Waals surface area contributed by atoms with Crippen LogP contribution < -0.4 is 5.32 Å². The molecule has 1 unspecified atom stereocenters. The predicted octanol–water partition coefficient (Wildman–Crippen LogP) is 3.18. The van der Waals surface area contributed by atoms with Crippen LogP contribution >= 0.6 is 0 Å². The second-order valence-corrected chi connectivity index (χ2v) is 7.96. The van der Waals surface area contributed by atoms with Crippen molar-refractivity contribution in [3.8, 4) is 0 Å². The lowest BCUT2D eigenvalue weighted by atomic mass is 9.82. The number of hydrogen-bond donors (Lipinski definition) is 1. The zero-order valence-electron chi connectivity index (χ0n) is 15.4. The first kappa shape index (κ1) is 17.3. The summed E-state index contributed by atoms with van der Waals surface area (Å²) in [7, 11) is 0. The lowest BCUT2D eigenvalue weighted by Crippen LogP contribution is -2.42. The summed E-state index contributed by atoms with van der Waals surface area (Å²) in [6, 6.07) is 9.99. The van der Waals surface area contributed by atoms with Gasteiger partial charge in [-0.3, -0.25) is 9.59 Å². The van der Waals surface area contributed by atoms with Crippen molar-refractivity contribution in [2.75, 3.05) is 19.6 Å². The number of nitrogens with one attached hydrogen (secondary N) is 1. The first-order valence-electron chi connectivity index (χ1n) is 9.99. The third-order valence-corrected chi connectivity index (χ3v) is 6.30. The van der Waals surface area contributed by atoms with Crippen molar-refractivity contribution < 1.29 is 9.59 Å². The maximum Gasteiger partial charge on any atom is 0.230 e. The second kappa shape index (κ2) is 7.26. The molecule has 26 heavy (non-hydrogen) atoms. The molecule has 1 saturated carbocycles. The van der Waals surface area contributed by atoms with Crippen LogP contribution in [0.1, 0.15) is 50.5 Å². The lowest BCUT2D eigenvalue weighted by Gasteiger charge is -2.36. The van der Waals surface area contributed by atoms with Gasteiger partial charge in [0.05, 0.1) is 5.41 Å². The highest BCUT2D eigenvalue weighted by molar-refractivity contribution is 5.91. The van der Waals surface area contributed by atoms with Gasteiger partial charge in [-0.05, 0) is 50.0 Å². The molecule has 2 fully saturated rings. The van der Waals surface area contributed by atoms with Gasteiger partial charge in [-0.15, -0.1) is 0 Å². The van der Waals surface area contributed by atoms with Crippen LogP contribution in [-0.4, -0.2) is 36.3 Å². The third kappa shape index (κ3) is 3.42. The number of hydrogen-bond acceptors (Lipinski definition) is 2. The molecule has 1 saturated heterocycles. The number of fused-ring (bicyclic) bond motifs is 1. The van der Waals surface area contributed by atoms with E-state index in [1.807, 2.05) is 35.2 Å². The number of likely N-dealkylation sites (tertiary alicyclic amines) is 1. The summed E-state index contributed by atoms with van der Waals surface area (Å²) in [5, 5.41) is 3.01. The normalized spacial score (nSPS) is 23.6. The standard InChI is InChI=1S/C22H28N2O2/c25-20(24-15-11-17-6-4-5-7-18(17)16-24)10-14-23-21(26)22(12-13-22)19-8-2-1-3-9-19/h1-3,7-9,17H,4-6,10-16H2,(H,23,26). The highest BCUT2D eigenvalue weighted by Gasteiger charge is 2.50. The molecule has 1 aliphatic heterocycles. The van der Waals surface area contributed by atoms with Crippen LogP contribution in [-0.2, 0) is 15.0 Å². The van der Waals surface area contributed by atoms with Crippen molar-refractivity contribution in [1.29, 1.82) is 0 Å². The molecule has 0 aromatic heterocycles. The molecule has 1 atom stereocenters. The van der Waals surface area contributed by atoms with Crippen molar-refractivity contribution in [2.45, 2.75) is 50.4 Å². The average molecular weight is 352 g/mol. The minimum atomic E-state index is -0.352. The van der Waals surface area contributed by atoms with Crippen LogP contribution in [0.3, 0.4) is 0 Å². The van der Waals surface area contributed by atoms with E-state index in [1.165, 1.54) is 18.4 Å². The minimum absolute atomic E-state index is 0.0743. The van der Waals surface area contributed by atoms with E-state index in [1.54, 1.807) is 0 Å². The van der Waals surface area contributed by atoms with Crippen LogP contribution in [0.15, 0.2) is 42.0 Å². The molecule has 4 heteroatoms. The Bertz CT molecular complexity index is 706. The van der Waals surface area contributed by atoms with Crippen LogP contribution in [0, 0.1) is 5.92 Å². The number of carbonyl (C=O) groups is 2. The largest absolute Gasteiger partial charge is 0.355 e. The van der Waals surface area contributed by atoms with Gasteiger partial charge in [0, 0.05) is 26.1 Å². The van der Waals surface area contributed by atoms with Crippen LogP contribution in [0.4, 0.5) is 0 Å². The van der Waals surface area contributed by atoms with E-state index in [4.69, 9.17) is 0 Å². The monoisotopic (exact) mass is 352 g/mol. The summed E-state index contributed by atoms with van der Waals surface area (Å²) in [4.78, 5) is 27.1. The van der Waals surface area contributed by atoms with Crippen molar-refractivity contribution >= 4 is 11.8 Å². The molecule has 1 N–H and O–H groups in total. The molecule has 0 spiro atoms. The Labute approximate surface area is 155 Å². The Balaban J connectivity index is 1.26. The first-order valence-corrected chi connectivity index (χ1v) is 9.99. The van der Waals surface area contributed by atoms with Crippen molar-refractivity contribution in [3.05, 3.63) is 47.5 Å². The molecular weight excluding hydrogens is 324 g/mol. The van der Waals surface area contributed by atoms with Gasteiger partial charge in [-0.1, -0.05) is 42.0 Å². The van der Waals surface area contributed by atoms with Crippen molar-refractivity contribution in [1.82, 2.24) is 10.2 Å². The van der Waals surface area contributed by atoms with Gasteiger partial charge < -0.3 is 10.2 Å². The fourth-order valence-electron chi connectivity index (χ4n) is 4.49. The molecule has 2 amide bonds. The Morgan fingerprint density at radius 3 is 2.73 bits per heavy atom. The zero-order chi connectivity index (χ0) is 18.0.